The molecule has 11 heteroatoms. The maximum Gasteiger partial charge on any atom is 0.303 e. The molecule has 3 heterocycles. The molecule has 29 heavy (non-hydrogen) atoms. The number of aliphatic carboxylic acids is 1. The molecule has 3 aliphatic heterocycles. The first-order chi connectivity index (χ1) is 13.8. The topological polar surface area (TPSA) is 123 Å². The number of carboxylic acid groups (broad SMARTS) is 1. The third kappa shape index (κ3) is 4.50. The van der Waals surface area contributed by atoms with Gasteiger partial charge in [0.05, 0.1) is 17.5 Å². The Labute approximate surface area is 172 Å². The van der Waals surface area contributed by atoms with Gasteiger partial charge in [0.25, 0.3) is 0 Å². The summed E-state index contributed by atoms with van der Waals surface area (Å²) in [6, 6.07) is 5.27. The molecule has 2 atom stereocenters. The SMILES string of the molecule is O=C(O)CCCC(=O)N=C1S[C@@H]2CS(=O)(=O)C[C@H]2N1Cc1ccc2c(c1)OCO2. The number of hydrogen-bond acceptors (Lipinski definition) is 7. The predicted molar refractivity (Wildman–Crippen MR) is 106 cm³/mol. The van der Waals surface area contributed by atoms with E-state index in [-0.39, 0.29) is 48.9 Å². The van der Waals surface area contributed by atoms with Gasteiger partial charge in [-0.2, -0.15) is 4.99 Å². The minimum Gasteiger partial charge on any atom is -0.481 e. The van der Waals surface area contributed by atoms with Gasteiger partial charge in [-0.3, -0.25) is 9.59 Å². The van der Waals surface area contributed by atoms with Gasteiger partial charge < -0.3 is 19.5 Å². The molecule has 0 aliphatic carbocycles. The van der Waals surface area contributed by atoms with E-state index in [0.717, 1.165) is 5.56 Å². The fraction of sp³-hybridized carbons (Fsp3) is 0.500. The molecule has 0 radical (unpaired) electrons. The zero-order valence-corrected chi connectivity index (χ0v) is 17.1. The number of ether oxygens (including phenoxy) is 2. The van der Waals surface area contributed by atoms with Crippen LogP contribution in [0, 0.1) is 0 Å². The molecule has 1 amide bonds. The van der Waals surface area contributed by atoms with Gasteiger partial charge in [0.1, 0.15) is 0 Å². The van der Waals surface area contributed by atoms with Crippen LogP contribution in [0.3, 0.4) is 0 Å². The Hall–Kier alpha value is -2.27. The lowest BCUT2D eigenvalue weighted by molar-refractivity contribution is -0.137. The number of carbonyl (C=O) groups is 2. The van der Waals surface area contributed by atoms with E-state index in [1.54, 1.807) is 6.07 Å². The summed E-state index contributed by atoms with van der Waals surface area (Å²) < 4.78 is 34.9. The highest BCUT2D eigenvalue weighted by atomic mass is 32.2. The summed E-state index contributed by atoms with van der Waals surface area (Å²) >= 11 is 1.31. The number of amidine groups is 1. The first kappa shape index (κ1) is 20.0. The number of amides is 1. The van der Waals surface area contributed by atoms with E-state index in [1.165, 1.54) is 11.8 Å². The summed E-state index contributed by atoms with van der Waals surface area (Å²) in [5, 5.41) is 9.03. The second kappa shape index (κ2) is 7.86. The van der Waals surface area contributed by atoms with E-state index >= 15 is 0 Å². The minimum absolute atomic E-state index is 0.0292. The molecule has 2 fully saturated rings. The highest BCUT2D eigenvalue weighted by Crippen LogP contribution is 2.40. The van der Waals surface area contributed by atoms with Crippen LogP contribution >= 0.6 is 11.8 Å². The Balaban J connectivity index is 1.53. The van der Waals surface area contributed by atoms with E-state index < -0.39 is 21.7 Å². The summed E-state index contributed by atoms with van der Waals surface area (Å²) in [6.07, 6.45) is 0.176. The number of carbonyl (C=O) groups excluding carboxylic acids is 1. The van der Waals surface area contributed by atoms with Crippen molar-refractivity contribution in [1.82, 2.24) is 4.90 Å². The van der Waals surface area contributed by atoms with Crippen molar-refractivity contribution >= 4 is 38.6 Å². The Morgan fingerprint density at radius 1 is 1.21 bits per heavy atom. The Bertz CT molecular complexity index is 976. The van der Waals surface area contributed by atoms with E-state index in [4.69, 9.17) is 14.6 Å². The van der Waals surface area contributed by atoms with Crippen LogP contribution in [0.4, 0.5) is 0 Å². The quantitative estimate of drug-likeness (QED) is 0.696. The Morgan fingerprint density at radius 3 is 2.79 bits per heavy atom. The molecule has 3 aliphatic rings. The van der Waals surface area contributed by atoms with Crippen LogP contribution in [0.1, 0.15) is 24.8 Å². The van der Waals surface area contributed by atoms with Gasteiger partial charge in [0, 0.05) is 24.6 Å². The van der Waals surface area contributed by atoms with Crippen molar-refractivity contribution in [2.24, 2.45) is 4.99 Å². The van der Waals surface area contributed by atoms with Gasteiger partial charge >= 0.3 is 5.97 Å². The molecular weight excluding hydrogens is 420 g/mol. The summed E-state index contributed by atoms with van der Waals surface area (Å²) in [5.74, 6) is 0.0341. The second-order valence-electron chi connectivity index (χ2n) is 7.15. The van der Waals surface area contributed by atoms with Crippen LogP contribution in [-0.4, -0.2) is 65.1 Å². The van der Waals surface area contributed by atoms with Crippen molar-refractivity contribution < 1.29 is 32.6 Å². The van der Waals surface area contributed by atoms with Crippen molar-refractivity contribution in [2.45, 2.75) is 37.1 Å². The first-order valence-electron chi connectivity index (χ1n) is 9.16. The highest BCUT2D eigenvalue weighted by molar-refractivity contribution is 8.15. The van der Waals surface area contributed by atoms with E-state index in [0.29, 0.717) is 23.2 Å². The number of fused-ring (bicyclic) bond motifs is 2. The number of aliphatic imine (C=N–C) groups is 1. The third-order valence-corrected chi connectivity index (χ3v) is 8.21. The number of benzene rings is 1. The van der Waals surface area contributed by atoms with Crippen molar-refractivity contribution in [3.8, 4) is 11.5 Å². The van der Waals surface area contributed by atoms with Gasteiger partial charge in [-0.15, -0.1) is 0 Å². The molecule has 0 bridgehead atoms. The van der Waals surface area contributed by atoms with Crippen molar-refractivity contribution in [1.29, 1.82) is 0 Å². The van der Waals surface area contributed by atoms with Crippen LogP contribution in [0.25, 0.3) is 0 Å². The molecule has 0 saturated carbocycles. The molecule has 2 saturated heterocycles. The fourth-order valence-corrected chi connectivity index (χ4v) is 7.58. The van der Waals surface area contributed by atoms with E-state index in [9.17, 15) is 18.0 Å². The Kier molecular flexibility index (Phi) is 5.43. The van der Waals surface area contributed by atoms with Gasteiger partial charge in [0.2, 0.25) is 12.7 Å². The number of carboxylic acids is 1. The van der Waals surface area contributed by atoms with E-state index in [2.05, 4.69) is 4.99 Å². The summed E-state index contributed by atoms with van der Waals surface area (Å²) in [5.41, 5.74) is 0.894. The summed E-state index contributed by atoms with van der Waals surface area (Å²) in [4.78, 5) is 28.9. The lowest BCUT2D eigenvalue weighted by atomic mass is 10.1. The number of nitrogens with zero attached hydrogens (tertiary/aromatic N) is 2. The molecule has 156 valence electrons. The van der Waals surface area contributed by atoms with Crippen molar-refractivity contribution in [3.05, 3.63) is 23.8 Å². The average molecular weight is 440 g/mol. The normalized spacial score (nSPS) is 25.4. The van der Waals surface area contributed by atoms with E-state index in [1.807, 2.05) is 17.0 Å². The number of thioether (sulfide) groups is 1. The van der Waals surface area contributed by atoms with Gasteiger partial charge in [-0.25, -0.2) is 8.42 Å². The number of rotatable bonds is 6. The van der Waals surface area contributed by atoms with Crippen LogP contribution in [0.2, 0.25) is 0 Å². The number of hydrogen-bond donors (Lipinski definition) is 1. The summed E-state index contributed by atoms with van der Waals surface area (Å²) in [6.45, 7) is 0.556. The average Bonchev–Trinajstić information content (AvgIpc) is 3.28. The van der Waals surface area contributed by atoms with Gasteiger partial charge in [-0.1, -0.05) is 17.8 Å². The third-order valence-electron chi connectivity index (χ3n) is 4.97. The molecule has 9 nitrogen and oxygen atoms in total. The van der Waals surface area contributed by atoms with Crippen molar-refractivity contribution in [2.75, 3.05) is 18.3 Å². The number of sulfone groups is 1. The second-order valence-corrected chi connectivity index (χ2v) is 10.5. The molecule has 0 spiro atoms. The van der Waals surface area contributed by atoms with Crippen molar-refractivity contribution in [3.63, 3.8) is 0 Å². The predicted octanol–water partition coefficient (Wildman–Crippen LogP) is 1.27. The standard InChI is InChI=1S/C18H20N2O7S2/c21-16(2-1-3-17(22)23)19-18-20(12-8-29(24,25)9-15(12)28-18)7-11-4-5-13-14(6-11)27-10-26-13/h4-6,12,15H,1-3,7-10H2,(H,22,23)/t12-,15-/m1/s1. The maximum atomic E-state index is 12.2. The maximum absolute atomic E-state index is 12.2. The van der Waals surface area contributed by atoms with Gasteiger partial charge in [-0.05, 0) is 24.1 Å². The molecule has 4 rings (SSSR count). The zero-order valence-electron chi connectivity index (χ0n) is 15.4. The molecule has 1 aromatic carbocycles. The highest BCUT2D eigenvalue weighted by Gasteiger charge is 2.48. The first-order valence-corrected chi connectivity index (χ1v) is 11.9. The largest absolute Gasteiger partial charge is 0.481 e. The smallest absolute Gasteiger partial charge is 0.303 e. The Morgan fingerprint density at radius 2 is 2.00 bits per heavy atom. The van der Waals surface area contributed by atoms with Gasteiger partial charge in [0.15, 0.2) is 26.5 Å². The molecular formula is C18H20N2O7S2. The molecule has 0 aromatic heterocycles. The molecule has 1 aromatic rings. The fourth-order valence-electron chi connectivity index (χ4n) is 3.61. The van der Waals surface area contributed by atoms with Crippen LogP contribution in [0.5, 0.6) is 11.5 Å². The van der Waals surface area contributed by atoms with Crippen LogP contribution < -0.4 is 9.47 Å². The van der Waals surface area contributed by atoms with Crippen LogP contribution in [0.15, 0.2) is 23.2 Å². The summed E-state index contributed by atoms with van der Waals surface area (Å²) in [7, 11) is -3.13. The minimum atomic E-state index is -3.13. The zero-order chi connectivity index (χ0) is 20.6. The monoisotopic (exact) mass is 440 g/mol. The van der Waals surface area contributed by atoms with Crippen LogP contribution in [-0.2, 0) is 26.0 Å². The molecule has 1 N–H and O–H groups in total. The lowest BCUT2D eigenvalue weighted by Crippen LogP contribution is -2.37. The molecule has 0 unspecified atom stereocenters. The lowest BCUT2D eigenvalue weighted by Gasteiger charge is -2.24.